The van der Waals surface area contributed by atoms with Crippen LogP contribution in [-0.2, 0) is 4.79 Å². The molecule has 1 N–H and O–H groups in total. The third-order valence-corrected chi connectivity index (χ3v) is 3.68. The van der Waals surface area contributed by atoms with E-state index < -0.39 is 4.92 Å². The van der Waals surface area contributed by atoms with E-state index in [0.29, 0.717) is 6.42 Å². The molecule has 0 aromatic heterocycles. The zero-order chi connectivity index (χ0) is 18.2. The van der Waals surface area contributed by atoms with Crippen LogP contribution in [0.3, 0.4) is 0 Å². The van der Waals surface area contributed by atoms with Gasteiger partial charge in [0.25, 0.3) is 5.91 Å². The Hall–Kier alpha value is -3.09. The van der Waals surface area contributed by atoms with Gasteiger partial charge in [-0.25, -0.2) is 0 Å². The van der Waals surface area contributed by atoms with Crippen LogP contribution in [0.1, 0.15) is 24.9 Å². The standard InChI is InChI=1S/C18H20N2O5/c1-3-15(13-8-10-14(24-2)11-9-13)19-18(21)12-25-17-7-5-4-6-16(17)20(22)23/h4-11,15H,3,12H2,1-2H3,(H,19,21). The normalized spacial score (nSPS) is 11.4. The maximum absolute atomic E-state index is 12.1. The number of nitro groups is 1. The molecule has 1 unspecified atom stereocenters. The van der Waals surface area contributed by atoms with Gasteiger partial charge in [-0.1, -0.05) is 31.2 Å². The van der Waals surface area contributed by atoms with Crippen LogP contribution in [0.25, 0.3) is 0 Å². The molecule has 2 rings (SSSR count). The summed E-state index contributed by atoms with van der Waals surface area (Å²) in [4.78, 5) is 22.5. The monoisotopic (exact) mass is 344 g/mol. The molecule has 2 aromatic carbocycles. The molecule has 132 valence electrons. The van der Waals surface area contributed by atoms with Gasteiger partial charge in [-0.15, -0.1) is 0 Å². The van der Waals surface area contributed by atoms with Crippen LogP contribution in [0.4, 0.5) is 5.69 Å². The Bertz CT molecular complexity index is 731. The Kier molecular flexibility index (Phi) is 6.33. The summed E-state index contributed by atoms with van der Waals surface area (Å²) in [6.45, 7) is 1.66. The van der Waals surface area contributed by atoms with E-state index in [1.165, 1.54) is 12.1 Å². The van der Waals surface area contributed by atoms with Gasteiger partial charge in [0.1, 0.15) is 5.75 Å². The van der Waals surface area contributed by atoms with E-state index in [-0.39, 0.29) is 30.0 Å². The molecule has 1 atom stereocenters. The predicted molar refractivity (Wildman–Crippen MR) is 92.8 cm³/mol. The third-order valence-electron chi connectivity index (χ3n) is 3.68. The minimum absolute atomic E-state index is 0.0696. The third kappa shape index (κ3) is 4.94. The van der Waals surface area contributed by atoms with E-state index in [0.717, 1.165) is 11.3 Å². The second kappa shape index (κ2) is 8.68. The smallest absolute Gasteiger partial charge is 0.310 e. The van der Waals surface area contributed by atoms with Crippen LogP contribution >= 0.6 is 0 Å². The Morgan fingerprint density at radius 3 is 2.48 bits per heavy atom. The van der Waals surface area contributed by atoms with Gasteiger partial charge in [-0.05, 0) is 30.2 Å². The van der Waals surface area contributed by atoms with Crippen molar-refractivity contribution in [2.75, 3.05) is 13.7 Å². The molecule has 7 nitrogen and oxygen atoms in total. The van der Waals surface area contributed by atoms with Crippen LogP contribution < -0.4 is 14.8 Å². The summed E-state index contributed by atoms with van der Waals surface area (Å²) in [5, 5.41) is 13.8. The summed E-state index contributed by atoms with van der Waals surface area (Å²) in [6, 6.07) is 13.2. The zero-order valence-corrected chi connectivity index (χ0v) is 14.1. The van der Waals surface area contributed by atoms with E-state index >= 15 is 0 Å². The van der Waals surface area contributed by atoms with Crippen molar-refractivity contribution in [1.82, 2.24) is 5.32 Å². The number of carbonyl (C=O) groups excluding carboxylic acids is 1. The average molecular weight is 344 g/mol. The number of para-hydroxylation sites is 2. The summed E-state index contributed by atoms with van der Waals surface area (Å²) in [5.74, 6) is 0.464. The van der Waals surface area contributed by atoms with Crippen molar-refractivity contribution in [3.63, 3.8) is 0 Å². The van der Waals surface area contributed by atoms with Crippen molar-refractivity contribution >= 4 is 11.6 Å². The molecule has 0 aliphatic heterocycles. The molecule has 0 fully saturated rings. The lowest BCUT2D eigenvalue weighted by atomic mass is 10.0. The summed E-state index contributed by atoms with van der Waals surface area (Å²) in [5.41, 5.74) is 0.778. The van der Waals surface area contributed by atoms with Gasteiger partial charge in [0, 0.05) is 6.07 Å². The molecule has 0 aliphatic carbocycles. The number of hydrogen-bond donors (Lipinski definition) is 1. The van der Waals surface area contributed by atoms with E-state index in [9.17, 15) is 14.9 Å². The Morgan fingerprint density at radius 2 is 1.88 bits per heavy atom. The second-order valence-corrected chi connectivity index (χ2v) is 5.32. The van der Waals surface area contributed by atoms with Crippen LogP contribution in [0.2, 0.25) is 0 Å². The van der Waals surface area contributed by atoms with Gasteiger partial charge in [0.05, 0.1) is 18.1 Å². The van der Waals surface area contributed by atoms with Crippen molar-refractivity contribution in [2.45, 2.75) is 19.4 Å². The van der Waals surface area contributed by atoms with Crippen LogP contribution in [0.5, 0.6) is 11.5 Å². The average Bonchev–Trinajstić information content (AvgIpc) is 2.64. The number of nitro benzene ring substituents is 1. The highest BCUT2D eigenvalue weighted by Crippen LogP contribution is 2.26. The molecule has 0 heterocycles. The summed E-state index contributed by atoms with van der Waals surface area (Å²) in [7, 11) is 1.59. The first kappa shape index (κ1) is 18.3. The van der Waals surface area contributed by atoms with Crippen molar-refractivity contribution in [2.24, 2.45) is 0 Å². The van der Waals surface area contributed by atoms with Crippen LogP contribution in [0.15, 0.2) is 48.5 Å². The van der Waals surface area contributed by atoms with E-state index in [1.54, 1.807) is 19.2 Å². The minimum Gasteiger partial charge on any atom is -0.497 e. The molecule has 0 bridgehead atoms. The Labute approximate surface area is 145 Å². The first-order valence-corrected chi connectivity index (χ1v) is 7.84. The van der Waals surface area contributed by atoms with Crippen molar-refractivity contribution in [3.8, 4) is 11.5 Å². The van der Waals surface area contributed by atoms with E-state index in [1.807, 2.05) is 31.2 Å². The lowest BCUT2D eigenvalue weighted by molar-refractivity contribution is -0.385. The van der Waals surface area contributed by atoms with E-state index in [2.05, 4.69) is 5.32 Å². The van der Waals surface area contributed by atoms with Gasteiger partial charge in [-0.3, -0.25) is 14.9 Å². The summed E-state index contributed by atoms with van der Waals surface area (Å²) < 4.78 is 10.4. The van der Waals surface area contributed by atoms with Crippen molar-refractivity contribution in [1.29, 1.82) is 0 Å². The first-order chi connectivity index (χ1) is 12.0. The van der Waals surface area contributed by atoms with Crippen molar-refractivity contribution < 1.29 is 19.2 Å². The lowest BCUT2D eigenvalue weighted by Gasteiger charge is -2.18. The number of rotatable bonds is 8. The highest BCUT2D eigenvalue weighted by Gasteiger charge is 2.17. The SMILES string of the molecule is CCC(NC(=O)COc1ccccc1[N+](=O)[O-])c1ccc(OC)cc1. The Morgan fingerprint density at radius 1 is 1.20 bits per heavy atom. The molecular weight excluding hydrogens is 324 g/mol. The molecular formula is C18H20N2O5. The second-order valence-electron chi connectivity index (χ2n) is 5.32. The van der Waals surface area contributed by atoms with Crippen LogP contribution in [0, 0.1) is 10.1 Å². The maximum Gasteiger partial charge on any atom is 0.310 e. The summed E-state index contributed by atoms with van der Waals surface area (Å²) >= 11 is 0. The number of nitrogens with one attached hydrogen (secondary N) is 1. The maximum atomic E-state index is 12.1. The number of benzene rings is 2. The quantitative estimate of drug-likeness (QED) is 0.586. The molecule has 2 aromatic rings. The fourth-order valence-corrected chi connectivity index (χ4v) is 2.37. The zero-order valence-electron chi connectivity index (χ0n) is 14.1. The molecule has 0 aliphatic rings. The number of hydrogen-bond acceptors (Lipinski definition) is 5. The van der Waals surface area contributed by atoms with Gasteiger partial charge in [-0.2, -0.15) is 0 Å². The fraction of sp³-hybridized carbons (Fsp3) is 0.278. The van der Waals surface area contributed by atoms with Crippen LogP contribution in [-0.4, -0.2) is 24.5 Å². The summed E-state index contributed by atoms with van der Waals surface area (Å²) in [6.07, 6.45) is 0.698. The number of carbonyl (C=O) groups is 1. The molecule has 1 amide bonds. The largest absolute Gasteiger partial charge is 0.497 e. The number of methoxy groups -OCH3 is 1. The highest BCUT2D eigenvalue weighted by atomic mass is 16.6. The predicted octanol–water partition coefficient (Wildman–Crippen LogP) is 3.25. The lowest BCUT2D eigenvalue weighted by Crippen LogP contribution is -2.32. The first-order valence-electron chi connectivity index (χ1n) is 7.84. The molecule has 0 radical (unpaired) electrons. The fourth-order valence-electron chi connectivity index (χ4n) is 2.37. The molecule has 0 saturated carbocycles. The number of ether oxygens (including phenoxy) is 2. The number of amides is 1. The number of nitrogens with zero attached hydrogens (tertiary/aromatic N) is 1. The molecule has 0 saturated heterocycles. The minimum atomic E-state index is -0.542. The van der Waals surface area contributed by atoms with Gasteiger partial charge in [0.15, 0.2) is 12.4 Å². The highest BCUT2D eigenvalue weighted by molar-refractivity contribution is 5.78. The molecule has 7 heteroatoms. The van der Waals surface area contributed by atoms with Crippen molar-refractivity contribution in [3.05, 3.63) is 64.2 Å². The van der Waals surface area contributed by atoms with Gasteiger partial charge < -0.3 is 14.8 Å². The topological polar surface area (TPSA) is 90.7 Å². The van der Waals surface area contributed by atoms with Gasteiger partial charge in [0.2, 0.25) is 0 Å². The molecule has 0 spiro atoms. The Balaban J connectivity index is 1.97. The van der Waals surface area contributed by atoms with E-state index in [4.69, 9.17) is 9.47 Å². The van der Waals surface area contributed by atoms with Gasteiger partial charge >= 0.3 is 5.69 Å². The molecule has 25 heavy (non-hydrogen) atoms.